The van der Waals surface area contributed by atoms with Crippen molar-refractivity contribution in [3.8, 4) is 0 Å². The Hall–Kier alpha value is -1.08. The van der Waals surface area contributed by atoms with Crippen LogP contribution in [0.25, 0.3) is 0 Å². The van der Waals surface area contributed by atoms with E-state index in [-0.39, 0.29) is 5.54 Å². The molecule has 0 amide bonds. The van der Waals surface area contributed by atoms with E-state index in [0.717, 1.165) is 6.42 Å². The molecule has 0 atom stereocenters. The van der Waals surface area contributed by atoms with E-state index in [9.17, 15) is 0 Å². The number of hydrogen-bond donors (Lipinski definition) is 1. The number of rotatable bonds is 3. The van der Waals surface area contributed by atoms with Crippen LogP contribution in [0.2, 0.25) is 0 Å². The van der Waals surface area contributed by atoms with Crippen molar-refractivity contribution in [2.75, 3.05) is 0 Å². The summed E-state index contributed by atoms with van der Waals surface area (Å²) in [5.41, 5.74) is 8.16. The molecule has 1 nitrogen and oxygen atoms in total. The Morgan fingerprint density at radius 3 is 2.23 bits per heavy atom. The van der Waals surface area contributed by atoms with Gasteiger partial charge in [0.2, 0.25) is 0 Å². The van der Waals surface area contributed by atoms with E-state index in [2.05, 4.69) is 30.8 Å². The molecule has 1 aromatic carbocycles. The highest BCUT2D eigenvalue weighted by Gasteiger charge is 2.12. The van der Waals surface area contributed by atoms with Crippen molar-refractivity contribution in [3.05, 3.63) is 48.0 Å². The van der Waals surface area contributed by atoms with E-state index in [1.165, 1.54) is 11.1 Å². The maximum Gasteiger partial charge on any atom is 0.0352 e. The van der Waals surface area contributed by atoms with Crippen LogP contribution in [0.3, 0.4) is 0 Å². The van der Waals surface area contributed by atoms with E-state index >= 15 is 0 Å². The summed E-state index contributed by atoms with van der Waals surface area (Å²) in [6.07, 6.45) is 2.83. The lowest BCUT2D eigenvalue weighted by molar-refractivity contribution is 0.554. The van der Waals surface area contributed by atoms with Gasteiger partial charge in [0.1, 0.15) is 0 Å². The molecule has 0 radical (unpaired) electrons. The summed E-state index contributed by atoms with van der Waals surface area (Å²) in [6.45, 7) is 7.72. The fourth-order valence-electron chi connectivity index (χ4n) is 1.24. The molecule has 0 aromatic heterocycles. The first-order chi connectivity index (χ1) is 6.04. The van der Waals surface area contributed by atoms with Crippen LogP contribution in [0.5, 0.6) is 0 Å². The third-order valence-electron chi connectivity index (χ3n) is 2.08. The van der Waals surface area contributed by atoms with Crippen molar-refractivity contribution in [1.29, 1.82) is 0 Å². The third-order valence-corrected chi connectivity index (χ3v) is 2.08. The van der Waals surface area contributed by atoms with Crippen LogP contribution in [-0.2, 0) is 12.0 Å². The van der Waals surface area contributed by atoms with E-state index in [1.807, 2.05) is 19.9 Å². The topological polar surface area (TPSA) is 26.0 Å². The highest BCUT2D eigenvalue weighted by atomic mass is 14.7. The molecule has 2 N–H and O–H groups in total. The van der Waals surface area contributed by atoms with Crippen LogP contribution in [-0.4, -0.2) is 0 Å². The normalized spacial score (nSPS) is 11.3. The molecule has 1 aromatic rings. The fraction of sp³-hybridized carbons (Fsp3) is 0.333. The smallest absolute Gasteiger partial charge is 0.0352 e. The number of nitrogens with two attached hydrogens (primary N) is 1. The summed E-state index contributed by atoms with van der Waals surface area (Å²) >= 11 is 0. The monoisotopic (exact) mass is 175 g/mol. The molecule has 1 rings (SSSR count). The Balaban J connectivity index is 2.87. The number of benzene rings is 1. The van der Waals surface area contributed by atoms with Gasteiger partial charge in [-0.1, -0.05) is 30.3 Å². The minimum atomic E-state index is -0.243. The molecule has 0 spiro atoms. The molecule has 0 bridgehead atoms. The lowest BCUT2D eigenvalue weighted by atomic mass is 9.94. The van der Waals surface area contributed by atoms with E-state index in [1.54, 1.807) is 0 Å². The lowest BCUT2D eigenvalue weighted by Crippen LogP contribution is -2.28. The van der Waals surface area contributed by atoms with Crippen LogP contribution < -0.4 is 5.73 Å². The number of allylic oxidation sites excluding steroid dienone is 1. The summed E-state index contributed by atoms with van der Waals surface area (Å²) in [5.74, 6) is 0. The van der Waals surface area contributed by atoms with Crippen molar-refractivity contribution in [3.63, 3.8) is 0 Å². The summed E-state index contributed by atoms with van der Waals surface area (Å²) < 4.78 is 0. The Labute approximate surface area is 80.3 Å². The van der Waals surface area contributed by atoms with Gasteiger partial charge in [0.25, 0.3) is 0 Å². The van der Waals surface area contributed by atoms with Crippen LogP contribution in [0.15, 0.2) is 36.9 Å². The first-order valence-corrected chi connectivity index (χ1v) is 4.53. The summed E-state index contributed by atoms with van der Waals surface area (Å²) in [5, 5.41) is 0. The molecule has 0 aliphatic heterocycles. The molecule has 0 heterocycles. The third kappa shape index (κ3) is 2.71. The average molecular weight is 175 g/mol. The molecule has 70 valence electrons. The SMILES string of the molecule is C=CCc1ccc(C(C)(C)N)cc1. The summed E-state index contributed by atoms with van der Waals surface area (Å²) in [6, 6.07) is 8.37. The zero-order valence-electron chi connectivity index (χ0n) is 8.38. The molecule has 0 aliphatic carbocycles. The summed E-state index contributed by atoms with van der Waals surface area (Å²) in [4.78, 5) is 0. The first kappa shape index (κ1) is 10.0. The Bertz CT molecular complexity index is 277. The molecule has 0 saturated heterocycles. The van der Waals surface area contributed by atoms with Gasteiger partial charge >= 0.3 is 0 Å². The van der Waals surface area contributed by atoms with Gasteiger partial charge in [0.15, 0.2) is 0 Å². The largest absolute Gasteiger partial charge is 0.322 e. The van der Waals surface area contributed by atoms with Crippen molar-refractivity contribution in [1.82, 2.24) is 0 Å². The standard InChI is InChI=1S/C12H17N/c1-4-5-10-6-8-11(9-7-10)12(2,3)13/h4,6-9H,1,5,13H2,2-3H3. The zero-order chi connectivity index (χ0) is 9.90. The maximum atomic E-state index is 5.96. The zero-order valence-corrected chi connectivity index (χ0v) is 8.38. The van der Waals surface area contributed by atoms with E-state index < -0.39 is 0 Å². The van der Waals surface area contributed by atoms with Crippen molar-refractivity contribution >= 4 is 0 Å². The van der Waals surface area contributed by atoms with E-state index in [4.69, 9.17) is 5.73 Å². The van der Waals surface area contributed by atoms with Crippen LogP contribution in [0.4, 0.5) is 0 Å². The van der Waals surface area contributed by atoms with Gasteiger partial charge in [-0.15, -0.1) is 6.58 Å². The first-order valence-electron chi connectivity index (χ1n) is 4.53. The van der Waals surface area contributed by atoms with Crippen molar-refractivity contribution in [2.45, 2.75) is 25.8 Å². The molecular formula is C12H17N. The fourth-order valence-corrected chi connectivity index (χ4v) is 1.24. The minimum absolute atomic E-state index is 0.243. The molecule has 1 heteroatoms. The second-order valence-electron chi connectivity index (χ2n) is 3.91. The molecule has 13 heavy (non-hydrogen) atoms. The highest BCUT2D eigenvalue weighted by molar-refractivity contribution is 5.28. The van der Waals surface area contributed by atoms with Gasteiger partial charge in [-0.2, -0.15) is 0 Å². The second kappa shape index (κ2) is 3.75. The average Bonchev–Trinajstić information content (AvgIpc) is 2.04. The highest BCUT2D eigenvalue weighted by Crippen LogP contribution is 2.17. The molecular weight excluding hydrogens is 158 g/mol. The van der Waals surface area contributed by atoms with Gasteiger partial charge in [-0.25, -0.2) is 0 Å². The van der Waals surface area contributed by atoms with Crippen molar-refractivity contribution in [2.24, 2.45) is 5.73 Å². The second-order valence-corrected chi connectivity index (χ2v) is 3.91. The Morgan fingerprint density at radius 2 is 1.85 bits per heavy atom. The maximum absolute atomic E-state index is 5.96. The van der Waals surface area contributed by atoms with E-state index in [0.29, 0.717) is 0 Å². The lowest BCUT2D eigenvalue weighted by Gasteiger charge is -2.19. The quantitative estimate of drug-likeness (QED) is 0.702. The predicted octanol–water partition coefficient (Wildman–Crippen LogP) is 2.61. The Morgan fingerprint density at radius 1 is 1.31 bits per heavy atom. The van der Waals surface area contributed by atoms with Crippen LogP contribution >= 0.6 is 0 Å². The number of hydrogen-bond acceptors (Lipinski definition) is 1. The molecule has 0 fully saturated rings. The van der Waals surface area contributed by atoms with Gasteiger partial charge < -0.3 is 5.73 Å². The van der Waals surface area contributed by atoms with Gasteiger partial charge in [0, 0.05) is 5.54 Å². The van der Waals surface area contributed by atoms with Gasteiger partial charge in [-0.05, 0) is 31.4 Å². The van der Waals surface area contributed by atoms with Crippen LogP contribution in [0, 0.1) is 0 Å². The van der Waals surface area contributed by atoms with Gasteiger partial charge in [0.05, 0.1) is 0 Å². The van der Waals surface area contributed by atoms with Gasteiger partial charge in [-0.3, -0.25) is 0 Å². The minimum Gasteiger partial charge on any atom is -0.322 e. The molecule has 0 aliphatic rings. The van der Waals surface area contributed by atoms with Crippen LogP contribution in [0.1, 0.15) is 25.0 Å². The predicted molar refractivity (Wildman–Crippen MR) is 57.6 cm³/mol. The molecule has 0 saturated carbocycles. The summed E-state index contributed by atoms with van der Waals surface area (Å²) in [7, 11) is 0. The van der Waals surface area contributed by atoms with Crippen molar-refractivity contribution < 1.29 is 0 Å². The molecule has 0 unspecified atom stereocenters. The Kier molecular flexibility index (Phi) is 2.89.